The normalized spacial score (nSPS) is 12.5. The number of hydrogen-bond donors (Lipinski definition) is 1. The average molecular weight is 216 g/mol. The van der Waals surface area contributed by atoms with Crippen LogP contribution in [0.2, 0.25) is 0 Å². The first-order valence-corrected chi connectivity index (χ1v) is 6.00. The molecule has 0 aliphatic carbocycles. The lowest BCUT2D eigenvalue weighted by Gasteiger charge is -2.05. The zero-order valence-corrected chi connectivity index (χ0v) is 10.00. The van der Waals surface area contributed by atoms with Gasteiger partial charge in [0.05, 0.1) is 19.1 Å². The Hall–Kier alpha value is -0.570. The molecule has 0 heterocycles. The quantitative estimate of drug-likeness (QED) is 0.476. The standard InChI is InChI=1S/C12H24O3/c1-3-4-5-6-7-8-9-15-12(14)10-11(2)13/h11,13H,3-10H2,1-2H3/t11-/m1/s1. The van der Waals surface area contributed by atoms with Gasteiger partial charge in [0, 0.05) is 0 Å². The molecule has 0 aliphatic heterocycles. The van der Waals surface area contributed by atoms with Gasteiger partial charge in [0.1, 0.15) is 0 Å². The number of esters is 1. The van der Waals surface area contributed by atoms with E-state index in [1.54, 1.807) is 6.92 Å². The van der Waals surface area contributed by atoms with E-state index in [0.29, 0.717) is 6.61 Å². The fourth-order valence-corrected chi connectivity index (χ4v) is 1.37. The Morgan fingerprint density at radius 2 is 1.80 bits per heavy atom. The molecule has 0 saturated carbocycles. The average Bonchev–Trinajstić information content (AvgIpc) is 2.15. The highest BCUT2D eigenvalue weighted by Gasteiger charge is 2.06. The molecule has 0 spiro atoms. The minimum atomic E-state index is -0.595. The first kappa shape index (κ1) is 14.4. The smallest absolute Gasteiger partial charge is 0.308 e. The van der Waals surface area contributed by atoms with E-state index in [4.69, 9.17) is 9.84 Å². The van der Waals surface area contributed by atoms with Crippen molar-refractivity contribution in [2.24, 2.45) is 0 Å². The van der Waals surface area contributed by atoms with Crippen molar-refractivity contribution >= 4 is 5.97 Å². The predicted octanol–water partition coefficient (Wildman–Crippen LogP) is 2.66. The Morgan fingerprint density at radius 3 is 2.40 bits per heavy atom. The molecular weight excluding hydrogens is 192 g/mol. The molecule has 1 N–H and O–H groups in total. The minimum Gasteiger partial charge on any atom is -0.466 e. The number of hydrogen-bond acceptors (Lipinski definition) is 3. The number of carbonyl (C=O) groups excluding carboxylic acids is 1. The van der Waals surface area contributed by atoms with Crippen LogP contribution in [0.3, 0.4) is 0 Å². The van der Waals surface area contributed by atoms with Crippen LogP contribution in [0.25, 0.3) is 0 Å². The summed E-state index contributed by atoms with van der Waals surface area (Å²) in [5.41, 5.74) is 0. The number of carbonyl (C=O) groups is 1. The van der Waals surface area contributed by atoms with Crippen LogP contribution in [-0.2, 0) is 9.53 Å². The van der Waals surface area contributed by atoms with Gasteiger partial charge in [-0.15, -0.1) is 0 Å². The first-order valence-electron chi connectivity index (χ1n) is 6.00. The molecule has 0 aromatic heterocycles. The zero-order chi connectivity index (χ0) is 11.5. The van der Waals surface area contributed by atoms with Crippen molar-refractivity contribution in [3.8, 4) is 0 Å². The lowest BCUT2D eigenvalue weighted by atomic mass is 10.1. The van der Waals surface area contributed by atoms with E-state index in [-0.39, 0.29) is 12.4 Å². The molecule has 0 aliphatic rings. The molecule has 0 unspecified atom stereocenters. The molecule has 15 heavy (non-hydrogen) atoms. The van der Waals surface area contributed by atoms with Gasteiger partial charge in [-0.05, 0) is 13.3 Å². The number of aliphatic hydroxyl groups is 1. The summed E-state index contributed by atoms with van der Waals surface area (Å²) in [4.78, 5) is 11.0. The lowest BCUT2D eigenvalue weighted by molar-refractivity contribution is -0.145. The van der Waals surface area contributed by atoms with Crippen molar-refractivity contribution in [1.29, 1.82) is 0 Å². The van der Waals surface area contributed by atoms with E-state index in [0.717, 1.165) is 12.8 Å². The summed E-state index contributed by atoms with van der Waals surface area (Å²) in [5, 5.41) is 8.92. The summed E-state index contributed by atoms with van der Waals surface area (Å²) in [7, 11) is 0. The van der Waals surface area contributed by atoms with Crippen LogP contribution in [0.1, 0.15) is 58.8 Å². The monoisotopic (exact) mass is 216 g/mol. The second-order valence-corrected chi connectivity index (χ2v) is 4.04. The van der Waals surface area contributed by atoms with Crippen molar-refractivity contribution in [2.45, 2.75) is 64.9 Å². The van der Waals surface area contributed by atoms with E-state index < -0.39 is 6.10 Å². The molecule has 1 atom stereocenters. The second-order valence-electron chi connectivity index (χ2n) is 4.04. The van der Waals surface area contributed by atoms with Crippen molar-refractivity contribution in [1.82, 2.24) is 0 Å². The molecule has 90 valence electrons. The van der Waals surface area contributed by atoms with E-state index in [2.05, 4.69) is 6.92 Å². The molecule has 0 radical (unpaired) electrons. The third-order valence-electron chi connectivity index (χ3n) is 2.22. The largest absolute Gasteiger partial charge is 0.466 e. The van der Waals surface area contributed by atoms with Crippen LogP contribution in [0.5, 0.6) is 0 Å². The first-order chi connectivity index (χ1) is 7.16. The third kappa shape index (κ3) is 11.4. The maximum atomic E-state index is 11.0. The number of unbranched alkanes of at least 4 members (excludes halogenated alkanes) is 5. The highest BCUT2D eigenvalue weighted by Crippen LogP contribution is 2.05. The molecular formula is C12H24O3. The Balaban J connectivity index is 3.13. The number of ether oxygens (including phenoxy) is 1. The van der Waals surface area contributed by atoms with E-state index >= 15 is 0 Å². The zero-order valence-electron chi connectivity index (χ0n) is 10.00. The predicted molar refractivity (Wildman–Crippen MR) is 60.6 cm³/mol. The van der Waals surface area contributed by atoms with E-state index in [9.17, 15) is 4.79 Å². The van der Waals surface area contributed by atoms with Crippen molar-refractivity contribution in [2.75, 3.05) is 6.61 Å². The number of rotatable bonds is 9. The Morgan fingerprint density at radius 1 is 1.20 bits per heavy atom. The van der Waals surface area contributed by atoms with E-state index in [1.165, 1.54) is 25.7 Å². The Bertz CT molecular complexity index is 155. The highest BCUT2D eigenvalue weighted by atomic mass is 16.5. The fourth-order valence-electron chi connectivity index (χ4n) is 1.37. The molecule has 3 nitrogen and oxygen atoms in total. The fraction of sp³-hybridized carbons (Fsp3) is 0.917. The van der Waals surface area contributed by atoms with Crippen LogP contribution in [0.15, 0.2) is 0 Å². The summed E-state index contributed by atoms with van der Waals surface area (Å²) < 4.78 is 4.96. The van der Waals surface area contributed by atoms with E-state index in [1.807, 2.05) is 0 Å². The molecule has 0 saturated heterocycles. The van der Waals surface area contributed by atoms with Crippen LogP contribution in [0, 0.1) is 0 Å². The van der Waals surface area contributed by atoms with Gasteiger partial charge in [0.2, 0.25) is 0 Å². The summed E-state index contributed by atoms with van der Waals surface area (Å²) in [6.45, 7) is 4.28. The van der Waals surface area contributed by atoms with Crippen molar-refractivity contribution in [3.05, 3.63) is 0 Å². The molecule has 0 aromatic rings. The number of aliphatic hydroxyl groups excluding tert-OH is 1. The minimum absolute atomic E-state index is 0.107. The van der Waals surface area contributed by atoms with Gasteiger partial charge in [0.25, 0.3) is 0 Å². The Kier molecular flexibility index (Phi) is 9.59. The molecule has 0 rings (SSSR count). The Labute approximate surface area is 92.8 Å². The molecule has 3 heteroatoms. The second kappa shape index (κ2) is 9.97. The highest BCUT2D eigenvalue weighted by molar-refractivity contribution is 5.69. The lowest BCUT2D eigenvalue weighted by Crippen LogP contribution is -2.13. The van der Waals surface area contributed by atoms with Gasteiger partial charge < -0.3 is 9.84 Å². The summed E-state index contributed by atoms with van der Waals surface area (Å²) >= 11 is 0. The SMILES string of the molecule is CCCCCCCCOC(=O)C[C@@H](C)O. The van der Waals surface area contributed by atoms with Crippen LogP contribution >= 0.6 is 0 Å². The third-order valence-corrected chi connectivity index (χ3v) is 2.22. The molecule has 0 bridgehead atoms. The van der Waals surface area contributed by atoms with Gasteiger partial charge in [0.15, 0.2) is 0 Å². The maximum Gasteiger partial charge on any atom is 0.308 e. The molecule has 0 aromatic carbocycles. The summed E-state index contributed by atoms with van der Waals surface area (Å²) in [6, 6.07) is 0. The van der Waals surface area contributed by atoms with Crippen LogP contribution in [-0.4, -0.2) is 23.8 Å². The summed E-state index contributed by atoms with van der Waals surface area (Å²) in [6.07, 6.45) is 6.63. The van der Waals surface area contributed by atoms with Crippen LogP contribution in [0.4, 0.5) is 0 Å². The van der Waals surface area contributed by atoms with Gasteiger partial charge in [-0.2, -0.15) is 0 Å². The van der Waals surface area contributed by atoms with Crippen LogP contribution < -0.4 is 0 Å². The van der Waals surface area contributed by atoms with Gasteiger partial charge in [-0.25, -0.2) is 0 Å². The summed E-state index contributed by atoms with van der Waals surface area (Å²) in [5.74, 6) is -0.293. The molecule has 0 fully saturated rings. The van der Waals surface area contributed by atoms with Crippen molar-refractivity contribution < 1.29 is 14.6 Å². The molecule has 0 amide bonds. The van der Waals surface area contributed by atoms with Gasteiger partial charge >= 0.3 is 5.97 Å². The maximum absolute atomic E-state index is 11.0. The van der Waals surface area contributed by atoms with Crippen molar-refractivity contribution in [3.63, 3.8) is 0 Å². The van der Waals surface area contributed by atoms with Gasteiger partial charge in [-0.3, -0.25) is 4.79 Å². The van der Waals surface area contributed by atoms with Gasteiger partial charge in [-0.1, -0.05) is 39.0 Å². The topological polar surface area (TPSA) is 46.5 Å².